The van der Waals surface area contributed by atoms with Crippen molar-refractivity contribution in [2.24, 2.45) is 0 Å². The molecule has 3 rings (SSSR count). The molecule has 152 valence electrons. The van der Waals surface area contributed by atoms with Crippen molar-refractivity contribution in [3.8, 4) is 17.7 Å². The molecule has 2 aromatic heterocycles. The standard InChI is InChI=1S/C22H22N6O2/c1-2-3-4-11-30-20-15-26-19(14-27-20)22(29)28-17-8-5-7-16(12-17)13-25-18-9-6-10-24-21(18)23/h5-10,12,14-15,25H,4,11,13H2,1H3,(H2,23,24)(H,28,29). The van der Waals surface area contributed by atoms with Gasteiger partial charge >= 0.3 is 0 Å². The summed E-state index contributed by atoms with van der Waals surface area (Å²) in [6, 6.07) is 11.2. The first-order chi connectivity index (χ1) is 14.7. The molecule has 0 unspecified atom stereocenters. The predicted molar refractivity (Wildman–Crippen MR) is 116 cm³/mol. The zero-order chi connectivity index (χ0) is 21.2. The summed E-state index contributed by atoms with van der Waals surface area (Å²) in [5.41, 5.74) is 8.41. The maximum absolute atomic E-state index is 12.4. The third-order valence-electron chi connectivity index (χ3n) is 4.02. The molecule has 8 nitrogen and oxygen atoms in total. The summed E-state index contributed by atoms with van der Waals surface area (Å²) in [6.07, 6.45) is 5.05. The monoisotopic (exact) mass is 402 g/mol. The lowest BCUT2D eigenvalue weighted by Crippen LogP contribution is -2.14. The van der Waals surface area contributed by atoms with E-state index in [1.54, 1.807) is 19.2 Å². The van der Waals surface area contributed by atoms with E-state index in [0.29, 0.717) is 37.0 Å². The molecule has 0 aliphatic heterocycles. The van der Waals surface area contributed by atoms with Crippen molar-refractivity contribution in [1.82, 2.24) is 15.0 Å². The van der Waals surface area contributed by atoms with E-state index < -0.39 is 0 Å². The molecule has 0 aliphatic rings. The van der Waals surface area contributed by atoms with Crippen LogP contribution in [0.1, 0.15) is 29.4 Å². The maximum Gasteiger partial charge on any atom is 0.275 e. The Bertz CT molecular complexity index is 1060. The summed E-state index contributed by atoms with van der Waals surface area (Å²) in [5, 5.41) is 6.05. The summed E-state index contributed by atoms with van der Waals surface area (Å²) in [5.74, 6) is 6.13. The Kier molecular flexibility index (Phi) is 7.17. The molecule has 1 amide bonds. The highest BCUT2D eigenvalue weighted by Gasteiger charge is 2.09. The van der Waals surface area contributed by atoms with Gasteiger partial charge in [0.05, 0.1) is 18.1 Å². The first kappa shape index (κ1) is 20.6. The number of rotatable bonds is 8. The highest BCUT2D eigenvalue weighted by Crippen LogP contribution is 2.17. The van der Waals surface area contributed by atoms with Gasteiger partial charge in [0.15, 0.2) is 0 Å². The third-order valence-corrected chi connectivity index (χ3v) is 4.02. The minimum atomic E-state index is -0.354. The Morgan fingerprint density at radius 2 is 2.07 bits per heavy atom. The van der Waals surface area contributed by atoms with Gasteiger partial charge in [0.1, 0.15) is 18.1 Å². The van der Waals surface area contributed by atoms with E-state index >= 15 is 0 Å². The Balaban J connectivity index is 1.56. The number of carbonyl (C=O) groups excluding carboxylic acids is 1. The van der Waals surface area contributed by atoms with Crippen molar-refractivity contribution in [3.05, 3.63) is 66.2 Å². The second-order valence-electron chi connectivity index (χ2n) is 6.21. The van der Waals surface area contributed by atoms with Gasteiger partial charge in [-0.2, -0.15) is 0 Å². The summed E-state index contributed by atoms with van der Waals surface area (Å²) < 4.78 is 5.42. The molecule has 3 aromatic rings. The summed E-state index contributed by atoms with van der Waals surface area (Å²) in [4.78, 5) is 24.7. The molecule has 2 heterocycles. The summed E-state index contributed by atoms with van der Waals surface area (Å²) >= 11 is 0. The molecule has 0 atom stereocenters. The van der Waals surface area contributed by atoms with E-state index in [2.05, 4.69) is 37.4 Å². The number of nitrogens with zero attached hydrogens (tertiary/aromatic N) is 3. The number of carbonyl (C=O) groups is 1. The quantitative estimate of drug-likeness (QED) is 0.392. The lowest BCUT2D eigenvalue weighted by Gasteiger charge is -2.10. The molecule has 0 fully saturated rings. The second kappa shape index (κ2) is 10.4. The number of amides is 1. The van der Waals surface area contributed by atoms with Gasteiger partial charge in [-0.15, -0.1) is 11.8 Å². The number of hydrogen-bond donors (Lipinski definition) is 3. The van der Waals surface area contributed by atoms with Gasteiger partial charge in [0.25, 0.3) is 5.91 Å². The molecule has 8 heteroatoms. The highest BCUT2D eigenvalue weighted by molar-refractivity contribution is 6.02. The molecule has 4 N–H and O–H groups in total. The van der Waals surface area contributed by atoms with Crippen molar-refractivity contribution in [1.29, 1.82) is 0 Å². The number of anilines is 3. The zero-order valence-electron chi connectivity index (χ0n) is 16.6. The molecule has 0 saturated carbocycles. The van der Waals surface area contributed by atoms with Crippen LogP contribution in [0.25, 0.3) is 0 Å². The fraction of sp³-hybridized carbons (Fsp3) is 0.182. The SMILES string of the molecule is CC#CCCOc1cnc(C(=O)Nc2cccc(CNc3cccnc3N)c2)cn1. The van der Waals surface area contributed by atoms with Crippen LogP contribution < -0.4 is 21.1 Å². The Labute approximate surface area is 174 Å². The van der Waals surface area contributed by atoms with Crippen molar-refractivity contribution in [3.63, 3.8) is 0 Å². The molecule has 0 saturated heterocycles. The van der Waals surface area contributed by atoms with Crippen molar-refractivity contribution < 1.29 is 9.53 Å². The normalized spacial score (nSPS) is 9.90. The summed E-state index contributed by atoms with van der Waals surface area (Å²) in [7, 11) is 0. The Morgan fingerprint density at radius 1 is 1.17 bits per heavy atom. The van der Waals surface area contributed by atoms with Crippen LogP contribution in [0.3, 0.4) is 0 Å². The smallest absolute Gasteiger partial charge is 0.275 e. The predicted octanol–water partition coefficient (Wildman–Crippen LogP) is 3.11. The number of benzene rings is 1. The van der Waals surface area contributed by atoms with Crippen LogP contribution in [0, 0.1) is 11.8 Å². The number of pyridine rings is 1. The van der Waals surface area contributed by atoms with Gasteiger partial charge in [-0.05, 0) is 36.8 Å². The van der Waals surface area contributed by atoms with Crippen LogP contribution in [0.15, 0.2) is 55.0 Å². The number of nitrogens with one attached hydrogen (secondary N) is 2. The Hall–Kier alpha value is -4.12. The number of nitrogen functional groups attached to an aromatic ring is 1. The van der Waals surface area contributed by atoms with E-state index in [1.807, 2.05) is 30.3 Å². The van der Waals surface area contributed by atoms with Gasteiger partial charge in [-0.25, -0.2) is 15.0 Å². The Morgan fingerprint density at radius 3 is 2.83 bits per heavy atom. The third kappa shape index (κ3) is 5.94. The largest absolute Gasteiger partial charge is 0.476 e. The first-order valence-electron chi connectivity index (χ1n) is 9.35. The van der Waals surface area contributed by atoms with Gasteiger partial charge in [0.2, 0.25) is 5.88 Å². The molecule has 30 heavy (non-hydrogen) atoms. The van der Waals surface area contributed by atoms with E-state index in [0.717, 1.165) is 11.3 Å². The fourth-order valence-corrected chi connectivity index (χ4v) is 2.56. The van der Waals surface area contributed by atoms with Gasteiger partial charge in [-0.1, -0.05) is 12.1 Å². The molecular formula is C22H22N6O2. The van der Waals surface area contributed by atoms with E-state index in [4.69, 9.17) is 10.5 Å². The maximum atomic E-state index is 12.4. The lowest BCUT2D eigenvalue weighted by atomic mass is 10.2. The van der Waals surface area contributed by atoms with Crippen LogP contribution in [0.2, 0.25) is 0 Å². The molecular weight excluding hydrogens is 380 g/mol. The van der Waals surface area contributed by atoms with Crippen molar-refractivity contribution in [2.75, 3.05) is 23.0 Å². The van der Waals surface area contributed by atoms with Crippen LogP contribution >= 0.6 is 0 Å². The van der Waals surface area contributed by atoms with Crippen molar-refractivity contribution >= 4 is 23.1 Å². The van der Waals surface area contributed by atoms with Crippen molar-refractivity contribution in [2.45, 2.75) is 19.9 Å². The van der Waals surface area contributed by atoms with Gasteiger partial charge in [-0.3, -0.25) is 4.79 Å². The van der Waals surface area contributed by atoms with Crippen LogP contribution in [-0.2, 0) is 6.54 Å². The minimum Gasteiger partial charge on any atom is -0.476 e. The lowest BCUT2D eigenvalue weighted by molar-refractivity contribution is 0.102. The van der Waals surface area contributed by atoms with E-state index in [1.165, 1.54) is 12.4 Å². The topological polar surface area (TPSA) is 115 Å². The van der Waals surface area contributed by atoms with E-state index in [9.17, 15) is 4.79 Å². The second-order valence-corrected chi connectivity index (χ2v) is 6.21. The summed E-state index contributed by atoms with van der Waals surface area (Å²) in [6.45, 7) is 2.73. The average molecular weight is 402 g/mol. The van der Waals surface area contributed by atoms with Crippen LogP contribution in [-0.4, -0.2) is 27.5 Å². The number of aromatic nitrogens is 3. The van der Waals surface area contributed by atoms with E-state index in [-0.39, 0.29) is 11.6 Å². The highest BCUT2D eigenvalue weighted by atomic mass is 16.5. The van der Waals surface area contributed by atoms with Gasteiger partial charge in [0, 0.05) is 24.8 Å². The molecule has 0 radical (unpaired) electrons. The first-order valence-corrected chi connectivity index (χ1v) is 9.35. The van der Waals surface area contributed by atoms with Crippen LogP contribution in [0.4, 0.5) is 17.2 Å². The molecule has 0 spiro atoms. The number of hydrogen-bond acceptors (Lipinski definition) is 7. The number of ether oxygens (including phenoxy) is 1. The zero-order valence-corrected chi connectivity index (χ0v) is 16.6. The minimum absolute atomic E-state index is 0.197. The average Bonchev–Trinajstić information content (AvgIpc) is 2.77. The van der Waals surface area contributed by atoms with Gasteiger partial charge < -0.3 is 21.1 Å². The molecule has 0 aliphatic carbocycles. The molecule has 1 aromatic carbocycles. The van der Waals surface area contributed by atoms with Crippen LogP contribution in [0.5, 0.6) is 5.88 Å². The molecule has 0 bridgehead atoms. The fourth-order valence-electron chi connectivity index (χ4n) is 2.56. The number of nitrogens with two attached hydrogens (primary N) is 1.